The van der Waals surface area contributed by atoms with Crippen molar-refractivity contribution in [1.82, 2.24) is 5.32 Å². The van der Waals surface area contributed by atoms with E-state index in [1.54, 1.807) is 0 Å². The van der Waals surface area contributed by atoms with Crippen molar-refractivity contribution in [3.63, 3.8) is 0 Å². The first kappa shape index (κ1) is 18.8. The van der Waals surface area contributed by atoms with Gasteiger partial charge in [0.2, 0.25) is 0 Å². The van der Waals surface area contributed by atoms with Gasteiger partial charge in [-0.3, -0.25) is 0 Å². The van der Waals surface area contributed by atoms with E-state index in [1.165, 1.54) is 0 Å². The largest absolute Gasteiger partial charge is 0.395 e. The van der Waals surface area contributed by atoms with Gasteiger partial charge in [0, 0.05) is 19.2 Å². The molecular formula is C14H31NO4. The van der Waals surface area contributed by atoms with Crippen molar-refractivity contribution in [2.24, 2.45) is 5.92 Å². The summed E-state index contributed by atoms with van der Waals surface area (Å²) in [6.07, 6.45) is 1.65. The third-order valence-electron chi connectivity index (χ3n) is 2.94. The molecule has 0 aromatic carbocycles. The first-order valence-corrected chi connectivity index (χ1v) is 7.29. The Kier molecular flexibility index (Phi) is 12.7. The number of hydrogen-bond acceptors (Lipinski definition) is 5. The molecule has 0 saturated carbocycles. The van der Waals surface area contributed by atoms with Crippen molar-refractivity contribution in [2.75, 3.05) is 39.6 Å². The van der Waals surface area contributed by atoms with Crippen LogP contribution < -0.4 is 5.32 Å². The fraction of sp³-hybridized carbons (Fsp3) is 1.00. The Bertz CT molecular complexity index is 190. The number of aliphatic hydroxyl groups is 2. The summed E-state index contributed by atoms with van der Waals surface area (Å²) in [6, 6.07) is 0.0204. The molecule has 1 unspecified atom stereocenters. The van der Waals surface area contributed by atoms with E-state index in [1.807, 2.05) is 13.8 Å². The van der Waals surface area contributed by atoms with Crippen LogP contribution in [0.4, 0.5) is 0 Å². The average Bonchev–Trinajstić information content (AvgIpc) is 2.38. The van der Waals surface area contributed by atoms with Gasteiger partial charge in [0.25, 0.3) is 0 Å². The van der Waals surface area contributed by atoms with Crippen molar-refractivity contribution in [2.45, 2.75) is 45.8 Å². The van der Waals surface area contributed by atoms with E-state index in [0.717, 1.165) is 19.4 Å². The van der Waals surface area contributed by atoms with E-state index < -0.39 is 6.10 Å². The fourth-order valence-corrected chi connectivity index (χ4v) is 1.54. The predicted molar refractivity (Wildman–Crippen MR) is 76.3 cm³/mol. The van der Waals surface area contributed by atoms with Crippen LogP contribution in [0.15, 0.2) is 0 Å². The second-order valence-electron chi connectivity index (χ2n) is 5.14. The van der Waals surface area contributed by atoms with E-state index in [-0.39, 0.29) is 12.6 Å². The van der Waals surface area contributed by atoms with Crippen LogP contribution >= 0.6 is 0 Å². The molecule has 2 atom stereocenters. The van der Waals surface area contributed by atoms with Gasteiger partial charge in [0.1, 0.15) is 0 Å². The molecule has 116 valence electrons. The summed E-state index contributed by atoms with van der Waals surface area (Å²) in [6.45, 7) is 8.85. The van der Waals surface area contributed by atoms with Gasteiger partial charge in [-0.1, -0.05) is 27.2 Å². The molecule has 0 aliphatic heterocycles. The van der Waals surface area contributed by atoms with E-state index in [0.29, 0.717) is 32.3 Å². The highest BCUT2D eigenvalue weighted by Crippen LogP contribution is 2.00. The first-order chi connectivity index (χ1) is 9.11. The highest BCUT2D eigenvalue weighted by atomic mass is 16.5. The summed E-state index contributed by atoms with van der Waals surface area (Å²) < 4.78 is 10.7. The van der Waals surface area contributed by atoms with Crippen LogP contribution in [0.1, 0.15) is 33.6 Å². The van der Waals surface area contributed by atoms with Gasteiger partial charge >= 0.3 is 0 Å². The van der Waals surface area contributed by atoms with Gasteiger partial charge in [-0.2, -0.15) is 0 Å². The van der Waals surface area contributed by atoms with Gasteiger partial charge < -0.3 is 25.0 Å². The SMILES string of the molecule is CCCCOCCOCC(O)CN[C@H](CO)C(C)C. The maximum Gasteiger partial charge on any atom is 0.0897 e. The molecule has 0 aromatic heterocycles. The first-order valence-electron chi connectivity index (χ1n) is 7.29. The van der Waals surface area contributed by atoms with Crippen LogP contribution in [0, 0.1) is 5.92 Å². The molecule has 0 aromatic rings. The topological polar surface area (TPSA) is 71.0 Å². The van der Waals surface area contributed by atoms with Crippen molar-refractivity contribution < 1.29 is 19.7 Å². The van der Waals surface area contributed by atoms with Crippen LogP contribution in [0.25, 0.3) is 0 Å². The number of unbranched alkanes of at least 4 members (excludes halogenated alkanes) is 1. The molecule has 0 rings (SSSR count). The lowest BCUT2D eigenvalue weighted by Gasteiger charge is -2.21. The number of rotatable bonds is 13. The second-order valence-corrected chi connectivity index (χ2v) is 5.14. The fourth-order valence-electron chi connectivity index (χ4n) is 1.54. The average molecular weight is 277 g/mol. The molecule has 0 aliphatic carbocycles. The maximum atomic E-state index is 9.71. The Morgan fingerprint density at radius 2 is 1.79 bits per heavy atom. The Morgan fingerprint density at radius 3 is 2.37 bits per heavy atom. The summed E-state index contributed by atoms with van der Waals surface area (Å²) in [5.41, 5.74) is 0. The number of aliphatic hydroxyl groups excluding tert-OH is 2. The van der Waals surface area contributed by atoms with Crippen LogP contribution in [0.2, 0.25) is 0 Å². The molecule has 0 bridgehead atoms. The molecule has 5 nitrogen and oxygen atoms in total. The van der Waals surface area contributed by atoms with Crippen molar-refractivity contribution in [1.29, 1.82) is 0 Å². The van der Waals surface area contributed by atoms with Crippen molar-refractivity contribution in [3.8, 4) is 0 Å². The number of hydrogen-bond donors (Lipinski definition) is 3. The zero-order chi connectivity index (χ0) is 14.5. The smallest absolute Gasteiger partial charge is 0.0897 e. The minimum atomic E-state index is -0.552. The monoisotopic (exact) mass is 277 g/mol. The Balaban J connectivity index is 3.41. The van der Waals surface area contributed by atoms with Gasteiger partial charge in [-0.05, 0) is 12.3 Å². The summed E-state index contributed by atoms with van der Waals surface area (Å²) >= 11 is 0. The van der Waals surface area contributed by atoms with Gasteiger partial charge in [-0.15, -0.1) is 0 Å². The molecule has 19 heavy (non-hydrogen) atoms. The normalized spacial score (nSPS) is 14.8. The number of nitrogens with one attached hydrogen (secondary N) is 1. The molecule has 0 heterocycles. The second kappa shape index (κ2) is 12.8. The zero-order valence-electron chi connectivity index (χ0n) is 12.6. The number of ether oxygens (including phenoxy) is 2. The third-order valence-corrected chi connectivity index (χ3v) is 2.94. The van der Waals surface area contributed by atoms with Crippen molar-refractivity contribution >= 4 is 0 Å². The lowest BCUT2D eigenvalue weighted by atomic mass is 10.1. The predicted octanol–water partition coefficient (Wildman–Crippen LogP) is 0.787. The lowest BCUT2D eigenvalue weighted by Crippen LogP contribution is -2.42. The Morgan fingerprint density at radius 1 is 1.11 bits per heavy atom. The molecule has 0 radical (unpaired) electrons. The van der Waals surface area contributed by atoms with Gasteiger partial charge in [-0.25, -0.2) is 0 Å². The lowest BCUT2D eigenvalue weighted by molar-refractivity contribution is 0.00214. The molecule has 0 spiro atoms. The van der Waals surface area contributed by atoms with E-state index in [4.69, 9.17) is 14.6 Å². The summed E-state index contributed by atoms with van der Waals surface area (Å²) in [5, 5.41) is 22.0. The molecule has 3 N–H and O–H groups in total. The molecule has 5 heteroatoms. The highest BCUT2D eigenvalue weighted by Gasteiger charge is 2.13. The van der Waals surface area contributed by atoms with Gasteiger partial charge in [0.05, 0.1) is 32.5 Å². The Labute approximate surface area is 117 Å². The molecular weight excluding hydrogens is 246 g/mol. The van der Waals surface area contributed by atoms with Crippen LogP contribution in [-0.2, 0) is 9.47 Å². The molecule has 0 saturated heterocycles. The van der Waals surface area contributed by atoms with E-state index in [2.05, 4.69) is 12.2 Å². The molecule has 0 aliphatic rings. The van der Waals surface area contributed by atoms with E-state index in [9.17, 15) is 5.11 Å². The minimum Gasteiger partial charge on any atom is -0.395 e. The van der Waals surface area contributed by atoms with Crippen LogP contribution in [-0.4, -0.2) is 61.9 Å². The van der Waals surface area contributed by atoms with Crippen molar-refractivity contribution in [3.05, 3.63) is 0 Å². The van der Waals surface area contributed by atoms with Crippen LogP contribution in [0.3, 0.4) is 0 Å². The summed E-state index contributed by atoms with van der Waals surface area (Å²) in [7, 11) is 0. The quantitative estimate of drug-likeness (QED) is 0.434. The van der Waals surface area contributed by atoms with Gasteiger partial charge in [0.15, 0.2) is 0 Å². The zero-order valence-corrected chi connectivity index (χ0v) is 12.6. The highest BCUT2D eigenvalue weighted by molar-refractivity contribution is 4.71. The molecule has 0 amide bonds. The minimum absolute atomic E-state index is 0.0204. The summed E-state index contributed by atoms with van der Waals surface area (Å²) in [5.74, 6) is 0.338. The Hall–Kier alpha value is -0.200. The standard InChI is InChI=1S/C14H31NO4/c1-4-5-6-18-7-8-19-11-13(17)9-15-14(10-16)12(2)3/h12-17H,4-11H2,1-3H3/t13?,14-/m1/s1. The van der Waals surface area contributed by atoms with Crippen LogP contribution in [0.5, 0.6) is 0 Å². The summed E-state index contributed by atoms with van der Waals surface area (Å²) in [4.78, 5) is 0. The maximum absolute atomic E-state index is 9.71. The molecule has 0 fully saturated rings. The third kappa shape index (κ3) is 11.3. The van der Waals surface area contributed by atoms with E-state index >= 15 is 0 Å².